The van der Waals surface area contributed by atoms with E-state index in [1.54, 1.807) is 21.3 Å². The van der Waals surface area contributed by atoms with E-state index in [0.717, 1.165) is 19.0 Å². The van der Waals surface area contributed by atoms with Crippen LogP contribution in [-0.4, -0.2) is 48.6 Å². The molecule has 0 spiro atoms. The number of hydrogen-bond acceptors (Lipinski definition) is 4. The third-order valence-corrected chi connectivity index (χ3v) is 5.80. The third-order valence-electron chi connectivity index (χ3n) is 2.91. The molecule has 0 N–H and O–H groups in total. The fourth-order valence-corrected chi connectivity index (χ4v) is 3.78. The van der Waals surface area contributed by atoms with Gasteiger partial charge < -0.3 is 18.2 Å². The van der Waals surface area contributed by atoms with Gasteiger partial charge in [0.25, 0.3) is 0 Å². The summed E-state index contributed by atoms with van der Waals surface area (Å²) in [5.41, 5.74) is 0. The topological polar surface area (TPSA) is 30.9 Å². The Bertz CT molecular complexity index is 210. The molecule has 0 aromatic rings. The van der Waals surface area contributed by atoms with E-state index in [2.05, 4.69) is 24.2 Å². The van der Waals surface area contributed by atoms with Gasteiger partial charge in [-0.2, -0.15) is 0 Å². The Morgan fingerprint density at radius 1 is 1.27 bits per heavy atom. The second-order valence-corrected chi connectivity index (χ2v) is 6.87. The molecule has 1 atom stereocenters. The van der Waals surface area contributed by atoms with Crippen LogP contribution in [0.25, 0.3) is 0 Å². The summed E-state index contributed by atoms with van der Waals surface area (Å²) >= 11 is 0. The lowest BCUT2D eigenvalue weighted by molar-refractivity contribution is 0.118. The average molecular weight is 231 g/mol. The summed E-state index contributed by atoms with van der Waals surface area (Å²) < 4.78 is 16.2. The second-order valence-electron chi connectivity index (χ2n) is 3.87. The predicted octanol–water partition coefficient (Wildman–Crippen LogP) is 1.33. The zero-order chi connectivity index (χ0) is 11.3. The van der Waals surface area contributed by atoms with Gasteiger partial charge in [-0.15, -0.1) is 0 Å². The van der Waals surface area contributed by atoms with E-state index in [4.69, 9.17) is 13.3 Å². The summed E-state index contributed by atoms with van der Waals surface area (Å²) in [6, 6.07) is 0.862. The highest BCUT2D eigenvalue weighted by Gasteiger charge is 2.40. The summed E-state index contributed by atoms with van der Waals surface area (Å²) in [5, 5.41) is 0. The van der Waals surface area contributed by atoms with Crippen molar-refractivity contribution in [3.63, 3.8) is 0 Å². The lowest BCUT2D eigenvalue weighted by Gasteiger charge is -2.30. The van der Waals surface area contributed by atoms with Crippen molar-refractivity contribution < 1.29 is 13.3 Å². The summed E-state index contributed by atoms with van der Waals surface area (Å²) in [4.78, 5) is 2.19. The molecule has 1 aliphatic rings. The molecule has 4 nitrogen and oxygen atoms in total. The van der Waals surface area contributed by atoms with Crippen LogP contribution in [0.1, 0.15) is 6.42 Å². The minimum atomic E-state index is -2.40. The van der Waals surface area contributed by atoms with Gasteiger partial charge in [0.2, 0.25) is 0 Å². The molecule has 0 amide bonds. The molecule has 1 rings (SSSR count). The highest BCUT2D eigenvalue weighted by atomic mass is 28.4. The van der Waals surface area contributed by atoms with Crippen LogP contribution in [0, 0.1) is 5.92 Å². The molecule has 0 bridgehead atoms. The van der Waals surface area contributed by atoms with E-state index < -0.39 is 8.80 Å². The molecule has 5 heteroatoms. The molecule has 0 saturated heterocycles. The zero-order valence-electron chi connectivity index (χ0n) is 10.0. The number of nitrogens with zero attached hydrogens (tertiary/aromatic N) is 1. The monoisotopic (exact) mass is 231 g/mol. The molecule has 0 saturated carbocycles. The van der Waals surface area contributed by atoms with Crippen LogP contribution >= 0.6 is 0 Å². The van der Waals surface area contributed by atoms with Crippen molar-refractivity contribution in [2.45, 2.75) is 12.5 Å². The molecule has 1 heterocycles. The van der Waals surface area contributed by atoms with Gasteiger partial charge in [0.05, 0.1) is 0 Å². The van der Waals surface area contributed by atoms with E-state index in [1.165, 1.54) is 0 Å². The normalized spacial score (nSPS) is 22.1. The fraction of sp³-hybridized carbons (Fsp3) is 0.800. The molecular weight excluding hydrogens is 210 g/mol. The second kappa shape index (κ2) is 5.65. The molecule has 1 unspecified atom stereocenters. The largest absolute Gasteiger partial charge is 0.500 e. The van der Waals surface area contributed by atoms with Gasteiger partial charge in [-0.25, -0.2) is 0 Å². The Morgan fingerprint density at radius 2 is 1.87 bits per heavy atom. The summed E-state index contributed by atoms with van der Waals surface area (Å²) in [7, 11) is 4.68. The lowest BCUT2D eigenvalue weighted by Crippen LogP contribution is -2.44. The Kier molecular flexibility index (Phi) is 4.78. The first kappa shape index (κ1) is 12.7. The van der Waals surface area contributed by atoms with Crippen LogP contribution in [0.4, 0.5) is 0 Å². The minimum absolute atomic E-state index is 0.507. The number of rotatable bonds is 5. The van der Waals surface area contributed by atoms with Crippen molar-refractivity contribution in [1.82, 2.24) is 4.90 Å². The van der Waals surface area contributed by atoms with Gasteiger partial charge >= 0.3 is 8.80 Å². The van der Waals surface area contributed by atoms with Crippen LogP contribution in [0.5, 0.6) is 0 Å². The molecule has 0 aliphatic carbocycles. The Hall–Kier alpha value is -0.363. The zero-order valence-corrected chi connectivity index (χ0v) is 11.0. The van der Waals surface area contributed by atoms with E-state index in [0.29, 0.717) is 5.92 Å². The lowest BCUT2D eigenvalue weighted by atomic mass is 10.1. The first-order valence-corrected chi connectivity index (χ1v) is 7.13. The Morgan fingerprint density at radius 3 is 2.27 bits per heavy atom. The molecule has 88 valence electrons. The summed E-state index contributed by atoms with van der Waals surface area (Å²) in [6.45, 7) is 1.09. The Balaban J connectivity index is 2.55. The first-order valence-electron chi connectivity index (χ1n) is 5.20. The van der Waals surface area contributed by atoms with E-state index >= 15 is 0 Å². The molecule has 0 aromatic carbocycles. The smallest absolute Gasteiger partial charge is 0.381 e. The van der Waals surface area contributed by atoms with Crippen molar-refractivity contribution in [1.29, 1.82) is 0 Å². The van der Waals surface area contributed by atoms with Gasteiger partial charge in [-0.1, -0.05) is 6.08 Å². The molecule has 15 heavy (non-hydrogen) atoms. The SMILES string of the molecule is CO[Si](CC1C=CN(C)CC1)(OC)OC. The van der Waals surface area contributed by atoms with E-state index in [-0.39, 0.29) is 0 Å². The maximum atomic E-state index is 5.41. The van der Waals surface area contributed by atoms with Gasteiger partial charge in [-0.3, -0.25) is 0 Å². The standard InChI is InChI=1S/C10H21NO3Si/c1-11-7-5-10(6-8-11)9-15(12-2,13-3)14-4/h5,7,10H,6,8-9H2,1-4H3. The fourth-order valence-electron chi connectivity index (χ4n) is 1.80. The summed E-state index contributed by atoms with van der Waals surface area (Å²) in [6.07, 6.45) is 5.47. The van der Waals surface area contributed by atoms with Crippen molar-refractivity contribution in [2.24, 2.45) is 5.92 Å². The van der Waals surface area contributed by atoms with Crippen molar-refractivity contribution >= 4 is 8.80 Å². The highest BCUT2D eigenvalue weighted by Crippen LogP contribution is 2.25. The minimum Gasteiger partial charge on any atom is -0.381 e. The van der Waals surface area contributed by atoms with Crippen LogP contribution in [-0.2, 0) is 13.3 Å². The summed E-state index contributed by atoms with van der Waals surface area (Å²) in [5.74, 6) is 0.507. The Labute approximate surface area is 93.2 Å². The quantitative estimate of drug-likeness (QED) is 0.668. The molecule has 0 fully saturated rings. The highest BCUT2D eigenvalue weighted by molar-refractivity contribution is 6.60. The van der Waals surface area contributed by atoms with E-state index in [1.807, 2.05) is 0 Å². The van der Waals surface area contributed by atoms with Gasteiger partial charge in [-0.05, 0) is 18.5 Å². The molecule has 1 aliphatic heterocycles. The number of hydrogen-bond donors (Lipinski definition) is 0. The molecular formula is C10H21NO3Si. The predicted molar refractivity (Wildman–Crippen MR) is 61.5 cm³/mol. The van der Waals surface area contributed by atoms with E-state index in [9.17, 15) is 0 Å². The number of allylic oxidation sites excluding steroid dienone is 1. The van der Waals surface area contributed by atoms with Crippen LogP contribution in [0.3, 0.4) is 0 Å². The average Bonchev–Trinajstić information content (AvgIpc) is 2.29. The third kappa shape index (κ3) is 3.31. The van der Waals surface area contributed by atoms with Crippen molar-refractivity contribution in [2.75, 3.05) is 34.9 Å². The van der Waals surface area contributed by atoms with Gasteiger partial charge in [0.15, 0.2) is 0 Å². The first-order chi connectivity index (χ1) is 7.15. The van der Waals surface area contributed by atoms with Crippen molar-refractivity contribution in [3.8, 4) is 0 Å². The van der Waals surface area contributed by atoms with Crippen LogP contribution in [0.15, 0.2) is 12.3 Å². The molecule has 0 aromatic heterocycles. The maximum absolute atomic E-state index is 5.41. The maximum Gasteiger partial charge on any atom is 0.500 e. The van der Waals surface area contributed by atoms with Crippen LogP contribution < -0.4 is 0 Å². The van der Waals surface area contributed by atoms with Crippen LogP contribution in [0.2, 0.25) is 6.04 Å². The van der Waals surface area contributed by atoms with Crippen molar-refractivity contribution in [3.05, 3.63) is 12.3 Å². The van der Waals surface area contributed by atoms with Gasteiger partial charge in [0.1, 0.15) is 0 Å². The molecule has 0 radical (unpaired) electrons. The van der Waals surface area contributed by atoms with Gasteiger partial charge in [0, 0.05) is 41.0 Å².